The maximum Gasteiger partial charge on any atom is 0.347 e. The number of hydrogen-bond acceptors (Lipinski definition) is 5. The van der Waals surface area contributed by atoms with Crippen LogP contribution in [0.1, 0.15) is 21.8 Å². The van der Waals surface area contributed by atoms with Crippen LogP contribution in [0.2, 0.25) is 0 Å². The quantitative estimate of drug-likeness (QED) is 0.679. The van der Waals surface area contributed by atoms with Crippen LogP contribution in [0.4, 0.5) is 5.13 Å². The van der Waals surface area contributed by atoms with E-state index in [0.29, 0.717) is 17.4 Å². The first kappa shape index (κ1) is 11.4. The first-order valence-electron chi connectivity index (χ1n) is 4.23. The van der Waals surface area contributed by atoms with Crippen LogP contribution in [-0.2, 0) is 4.79 Å². The van der Waals surface area contributed by atoms with Crippen molar-refractivity contribution in [2.24, 2.45) is 5.73 Å². The molecule has 0 atom stereocenters. The van der Waals surface area contributed by atoms with Gasteiger partial charge in [0.05, 0.1) is 5.69 Å². The Hall–Kier alpha value is -1.63. The second-order valence-electron chi connectivity index (χ2n) is 2.88. The van der Waals surface area contributed by atoms with Crippen molar-refractivity contribution in [1.82, 2.24) is 4.98 Å². The van der Waals surface area contributed by atoms with Gasteiger partial charge in [-0.15, -0.1) is 0 Å². The fourth-order valence-electron chi connectivity index (χ4n) is 0.963. The van der Waals surface area contributed by atoms with Gasteiger partial charge in [-0.2, -0.15) is 0 Å². The number of aryl methyl sites for hydroxylation is 1. The van der Waals surface area contributed by atoms with E-state index in [2.05, 4.69) is 10.3 Å². The van der Waals surface area contributed by atoms with Crippen molar-refractivity contribution in [1.29, 1.82) is 0 Å². The molecule has 0 fully saturated rings. The Morgan fingerprint density at radius 2 is 2.27 bits per heavy atom. The Morgan fingerprint density at radius 3 is 2.73 bits per heavy atom. The average molecular weight is 229 g/mol. The lowest BCUT2D eigenvalue weighted by molar-refractivity contribution is -0.117. The van der Waals surface area contributed by atoms with Gasteiger partial charge in [-0.05, 0) is 6.92 Å². The number of carboxylic acid groups (broad SMARTS) is 1. The van der Waals surface area contributed by atoms with Crippen LogP contribution in [0.5, 0.6) is 0 Å². The molecule has 15 heavy (non-hydrogen) atoms. The van der Waals surface area contributed by atoms with Gasteiger partial charge in [-0.1, -0.05) is 11.3 Å². The van der Waals surface area contributed by atoms with Gasteiger partial charge < -0.3 is 16.2 Å². The number of nitrogens with one attached hydrogen (secondary N) is 1. The summed E-state index contributed by atoms with van der Waals surface area (Å²) in [5, 5.41) is 12.1. The SMILES string of the molecule is Cc1nc(NCCC(N)=O)sc1C(=O)O. The van der Waals surface area contributed by atoms with E-state index in [1.54, 1.807) is 6.92 Å². The molecule has 4 N–H and O–H groups in total. The summed E-state index contributed by atoms with van der Waals surface area (Å²) in [5.41, 5.74) is 5.42. The maximum absolute atomic E-state index is 10.7. The van der Waals surface area contributed by atoms with E-state index < -0.39 is 11.9 Å². The minimum atomic E-state index is -0.993. The fraction of sp³-hybridized carbons (Fsp3) is 0.375. The molecule has 0 saturated carbocycles. The van der Waals surface area contributed by atoms with Gasteiger partial charge in [0.2, 0.25) is 5.91 Å². The third kappa shape index (κ3) is 3.21. The molecule has 1 amide bonds. The van der Waals surface area contributed by atoms with E-state index in [1.165, 1.54) is 0 Å². The summed E-state index contributed by atoms with van der Waals surface area (Å²) >= 11 is 1.05. The summed E-state index contributed by atoms with van der Waals surface area (Å²) in [6.45, 7) is 1.99. The molecule has 1 rings (SSSR count). The molecule has 0 aliphatic rings. The number of aromatic nitrogens is 1. The van der Waals surface area contributed by atoms with Crippen LogP contribution >= 0.6 is 11.3 Å². The molecule has 0 saturated heterocycles. The van der Waals surface area contributed by atoms with Gasteiger partial charge in [0.1, 0.15) is 4.88 Å². The minimum absolute atomic E-state index is 0.195. The molecule has 6 nitrogen and oxygen atoms in total. The van der Waals surface area contributed by atoms with Crippen LogP contribution in [0.25, 0.3) is 0 Å². The molecule has 82 valence electrons. The number of carboxylic acids is 1. The van der Waals surface area contributed by atoms with E-state index in [0.717, 1.165) is 11.3 Å². The number of rotatable bonds is 5. The summed E-state index contributed by atoms with van der Waals surface area (Å²) in [7, 11) is 0. The zero-order valence-electron chi connectivity index (χ0n) is 8.11. The smallest absolute Gasteiger partial charge is 0.347 e. The molecule has 0 spiro atoms. The van der Waals surface area contributed by atoms with Gasteiger partial charge in [-0.25, -0.2) is 9.78 Å². The fourth-order valence-corrected chi connectivity index (χ4v) is 1.79. The van der Waals surface area contributed by atoms with Crippen molar-refractivity contribution in [3.8, 4) is 0 Å². The molecular weight excluding hydrogens is 218 g/mol. The molecule has 0 aliphatic carbocycles. The molecule has 0 unspecified atom stereocenters. The summed E-state index contributed by atoms with van der Waals surface area (Å²) in [4.78, 5) is 25.3. The lowest BCUT2D eigenvalue weighted by Gasteiger charge is -1.98. The number of thiazole rings is 1. The van der Waals surface area contributed by atoms with Gasteiger partial charge in [0, 0.05) is 13.0 Å². The molecule has 0 aromatic carbocycles. The second kappa shape index (κ2) is 4.74. The van der Waals surface area contributed by atoms with Crippen LogP contribution in [-0.4, -0.2) is 28.5 Å². The highest BCUT2D eigenvalue weighted by Gasteiger charge is 2.13. The average Bonchev–Trinajstić information content (AvgIpc) is 2.46. The normalized spacial score (nSPS) is 9.93. The topological polar surface area (TPSA) is 105 Å². The molecule has 1 heterocycles. The van der Waals surface area contributed by atoms with Gasteiger partial charge >= 0.3 is 5.97 Å². The Bertz CT molecular complexity index is 388. The summed E-state index contributed by atoms with van der Waals surface area (Å²) in [5.74, 6) is -1.40. The number of nitrogens with two attached hydrogens (primary N) is 1. The van der Waals surface area contributed by atoms with Crippen molar-refractivity contribution in [3.63, 3.8) is 0 Å². The number of primary amides is 1. The first-order chi connectivity index (χ1) is 7.00. The molecule has 7 heteroatoms. The van der Waals surface area contributed by atoms with Gasteiger partial charge in [0.25, 0.3) is 0 Å². The molecule has 0 bridgehead atoms. The number of amides is 1. The van der Waals surface area contributed by atoms with Crippen LogP contribution in [0.3, 0.4) is 0 Å². The van der Waals surface area contributed by atoms with Crippen LogP contribution < -0.4 is 11.1 Å². The van der Waals surface area contributed by atoms with Crippen molar-refractivity contribution >= 4 is 28.3 Å². The van der Waals surface area contributed by atoms with E-state index in [9.17, 15) is 9.59 Å². The highest BCUT2D eigenvalue weighted by Crippen LogP contribution is 2.22. The number of carbonyl (C=O) groups excluding carboxylic acids is 1. The zero-order chi connectivity index (χ0) is 11.4. The molecule has 0 aliphatic heterocycles. The van der Waals surface area contributed by atoms with Gasteiger partial charge in [0.15, 0.2) is 5.13 Å². The summed E-state index contributed by atoms with van der Waals surface area (Å²) in [6, 6.07) is 0. The van der Waals surface area contributed by atoms with Crippen molar-refractivity contribution < 1.29 is 14.7 Å². The molecule has 0 radical (unpaired) electrons. The highest BCUT2D eigenvalue weighted by molar-refractivity contribution is 7.17. The first-order valence-corrected chi connectivity index (χ1v) is 5.05. The third-order valence-electron chi connectivity index (χ3n) is 1.64. The van der Waals surface area contributed by atoms with Crippen molar-refractivity contribution in [2.75, 3.05) is 11.9 Å². The lowest BCUT2D eigenvalue weighted by Crippen LogP contribution is -2.15. The largest absolute Gasteiger partial charge is 0.477 e. The molecule has 1 aromatic rings. The van der Waals surface area contributed by atoms with Gasteiger partial charge in [-0.3, -0.25) is 4.79 Å². The van der Waals surface area contributed by atoms with Crippen molar-refractivity contribution in [2.45, 2.75) is 13.3 Å². The Labute approximate surface area is 90.1 Å². The number of nitrogens with zero attached hydrogens (tertiary/aromatic N) is 1. The van der Waals surface area contributed by atoms with Crippen LogP contribution in [0.15, 0.2) is 0 Å². The monoisotopic (exact) mass is 229 g/mol. The molecular formula is C8H11N3O3S. The van der Waals surface area contributed by atoms with E-state index >= 15 is 0 Å². The van der Waals surface area contributed by atoms with Crippen molar-refractivity contribution in [3.05, 3.63) is 10.6 Å². The molecule has 1 aromatic heterocycles. The standard InChI is InChI=1S/C8H11N3O3S/c1-4-6(7(13)14)15-8(11-4)10-3-2-5(9)12/h2-3H2,1H3,(H2,9,12)(H,10,11)(H,13,14). The number of carbonyl (C=O) groups is 2. The van der Waals surface area contributed by atoms with E-state index in [-0.39, 0.29) is 11.3 Å². The predicted molar refractivity (Wildman–Crippen MR) is 56.1 cm³/mol. The third-order valence-corrected chi connectivity index (χ3v) is 2.74. The second-order valence-corrected chi connectivity index (χ2v) is 3.88. The predicted octanol–water partition coefficient (Wildman–Crippen LogP) is 0.437. The summed E-state index contributed by atoms with van der Waals surface area (Å²) < 4.78 is 0. The van der Waals surface area contributed by atoms with E-state index in [1.807, 2.05) is 0 Å². The van der Waals surface area contributed by atoms with Crippen LogP contribution in [0, 0.1) is 6.92 Å². The number of hydrogen-bond donors (Lipinski definition) is 3. The highest BCUT2D eigenvalue weighted by atomic mass is 32.1. The Morgan fingerprint density at radius 1 is 1.60 bits per heavy atom. The zero-order valence-corrected chi connectivity index (χ0v) is 8.93. The maximum atomic E-state index is 10.7. The minimum Gasteiger partial charge on any atom is -0.477 e. The number of aromatic carboxylic acids is 1. The Kier molecular flexibility index (Phi) is 3.62. The Balaban J connectivity index is 2.59. The number of anilines is 1. The lowest BCUT2D eigenvalue weighted by atomic mass is 10.4. The summed E-state index contributed by atoms with van der Waals surface area (Å²) in [6.07, 6.45) is 0.195. The van der Waals surface area contributed by atoms with E-state index in [4.69, 9.17) is 10.8 Å².